The first-order chi connectivity index (χ1) is 12.6. The van der Waals surface area contributed by atoms with E-state index in [1.807, 2.05) is 31.2 Å². The van der Waals surface area contributed by atoms with Gasteiger partial charge in [0, 0.05) is 17.5 Å². The van der Waals surface area contributed by atoms with Gasteiger partial charge >= 0.3 is 0 Å². The highest BCUT2D eigenvalue weighted by atomic mass is 32.1. The van der Waals surface area contributed by atoms with Crippen LogP contribution in [-0.4, -0.2) is 11.8 Å². The van der Waals surface area contributed by atoms with Crippen LogP contribution in [0.25, 0.3) is 0 Å². The van der Waals surface area contributed by atoms with Gasteiger partial charge in [0.15, 0.2) is 0 Å². The lowest BCUT2D eigenvalue weighted by atomic mass is 9.72. The van der Waals surface area contributed by atoms with Gasteiger partial charge in [-0.25, -0.2) is 0 Å². The van der Waals surface area contributed by atoms with Crippen LogP contribution in [0.2, 0.25) is 0 Å². The Labute approximate surface area is 165 Å². The number of hydrogen-bond donors (Lipinski definition) is 2. The van der Waals surface area contributed by atoms with Crippen molar-refractivity contribution in [3.05, 3.63) is 45.8 Å². The van der Waals surface area contributed by atoms with Crippen molar-refractivity contribution in [1.82, 2.24) is 0 Å². The summed E-state index contributed by atoms with van der Waals surface area (Å²) in [5.41, 5.74) is 3.85. The van der Waals surface area contributed by atoms with Crippen molar-refractivity contribution in [3.8, 4) is 0 Å². The fourth-order valence-electron chi connectivity index (χ4n) is 3.73. The minimum Gasteiger partial charge on any atom is -0.322 e. The number of anilines is 2. The molecule has 0 saturated heterocycles. The van der Waals surface area contributed by atoms with Gasteiger partial charge in [0.05, 0.1) is 5.56 Å². The van der Waals surface area contributed by atoms with Crippen LogP contribution in [0.15, 0.2) is 24.3 Å². The van der Waals surface area contributed by atoms with E-state index >= 15 is 0 Å². The van der Waals surface area contributed by atoms with E-state index in [0.29, 0.717) is 16.5 Å². The lowest BCUT2D eigenvalue weighted by Crippen LogP contribution is -2.27. The molecule has 3 rings (SSSR count). The van der Waals surface area contributed by atoms with Crippen LogP contribution in [0.5, 0.6) is 0 Å². The third-order valence-corrected chi connectivity index (χ3v) is 6.45. The van der Waals surface area contributed by atoms with Crippen LogP contribution in [0.3, 0.4) is 0 Å². The van der Waals surface area contributed by atoms with Gasteiger partial charge in [0.1, 0.15) is 5.00 Å². The Morgan fingerprint density at radius 1 is 1.19 bits per heavy atom. The van der Waals surface area contributed by atoms with E-state index in [1.54, 1.807) is 11.3 Å². The predicted octanol–water partition coefficient (Wildman–Crippen LogP) is 5.42. The maximum Gasteiger partial charge on any atom is 0.258 e. The number of fused-ring (bicyclic) bond motifs is 1. The van der Waals surface area contributed by atoms with Gasteiger partial charge in [-0.1, -0.05) is 32.9 Å². The molecule has 1 aliphatic carbocycles. The molecule has 0 saturated carbocycles. The second kappa shape index (κ2) is 7.47. The monoisotopic (exact) mass is 384 g/mol. The zero-order chi connectivity index (χ0) is 19.8. The summed E-state index contributed by atoms with van der Waals surface area (Å²) in [7, 11) is 0. The first kappa shape index (κ1) is 19.6. The summed E-state index contributed by atoms with van der Waals surface area (Å²) in [5, 5.41) is 6.56. The molecular weight excluding hydrogens is 356 g/mol. The number of amides is 2. The summed E-state index contributed by atoms with van der Waals surface area (Å²) in [6.07, 6.45) is 2.91. The van der Waals surface area contributed by atoms with Gasteiger partial charge < -0.3 is 10.6 Å². The topological polar surface area (TPSA) is 58.2 Å². The molecule has 27 heavy (non-hydrogen) atoms. The van der Waals surface area contributed by atoms with E-state index in [0.717, 1.165) is 36.1 Å². The standard InChI is InChI=1S/C22H28N2O2S/c1-13-7-6-8-16(11-13)24-20(26)19-17-10-9-15(22(3,4)5)12-18(17)27-21(19)23-14(2)25/h6-8,11,15H,9-10,12H2,1-5H3,(H,23,25)(H,24,26)/t15-/m1/s1. The van der Waals surface area contributed by atoms with Crippen LogP contribution in [0, 0.1) is 18.3 Å². The molecule has 1 heterocycles. The maximum absolute atomic E-state index is 13.1. The van der Waals surface area contributed by atoms with Crippen molar-refractivity contribution < 1.29 is 9.59 Å². The molecule has 5 heteroatoms. The van der Waals surface area contributed by atoms with Gasteiger partial charge in [-0.05, 0) is 60.8 Å². The van der Waals surface area contributed by atoms with Gasteiger partial charge in [-0.15, -0.1) is 11.3 Å². The molecule has 4 nitrogen and oxygen atoms in total. The van der Waals surface area contributed by atoms with E-state index in [4.69, 9.17) is 0 Å². The van der Waals surface area contributed by atoms with Crippen LogP contribution in [0.4, 0.5) is 10.7 Å². The molecular formula is C22H28N2O2S. The van der Waals surface area contributed by atoms with E-state index < -0.39 is 0 Å². The van der Waals surface area contributed by atoms with E-state index in [-0.39, 0.29) is 17.2 Å². The molecule has 0 fully saturated rings. The lowest BCUT2D eigenvalue weighted by molar-refractivity contribution is -0.114. The van der Waals surface area contributed by atoms with E-state index in [9.17, 15) is 9.59 Å². The highest BCUT2D eigenvalue weighted by molar-refractivity contribution is 7.17. The van der Waals surface area contributed by atoms with Gasteiger partial charge in [0.25, 0.3) is 5.91 Å². The van der Waals surface area contributed by atoms with Crippen molar-refractivity contribution >= 4 is 33.8 Å². The fourth-order valence-corrected chi connectivity index (χ4v) is 5.10. The number of hydrogen-bond acceptors (Lipinski definition) is 3. The van der Waals surface area contributed by atoms with E-state index in [2.05, 4.69) is 31.4 Å². The van der Waals surface area contributed by atoms with Crippen molar-refractivity contribution in [3.63, 3.8) is 0 Å². The van der Waals surface area contributed by atoms with E-state index in [1.165, 1.54) is 11.8 Å². The summed E-state index contributed by atoms with van der Waals surface area (Å²) in [4.78, 5) is 26.0. The molecule has 0 aliphatic heterocycles. The molecule has 144 valence electrons. The number of nitrogens with one attached hydrogen (secondary N) is 2. The molecule has 0 unspecified atom stereocenters. The SMILES string of the molecule is CC(=O)Nc1sc2c(c1C(=O)Nc1cccc(C)c1)CC[C@@H](C(C)(C)C)C2. The number of carbonyl (C=O) groups is 2. The average Bonchev–Trinajstić information content (AvgIpc) is 2.90. The molecule has 2 amide bonds. The van der Waals surface area contributed by atoms with Gasteiger partial charge in [0.2, 0.25) is 5.91 Å². The molecule has 2 N–H and O–H groups in total. The highest BCUT2D eigenvalue weighted by Gasteiger charge is 2.33. The Hall–Kier alpha value is -2.14. The van der Waals surface area contributed by atoms with Crippen molar-refractivity contribution in [2.24, 2.45) is 11.3 Å². The third kappa shape index (κ3) is 4.41. The second-order valence-electron chi connectivity index (χ2n) is 8.52. The molecule has 0 spiro atoms. The number of carbonyl (C=O) groups excluding carboxylic acids is 2. The Morgan fingerprint density at radius 2 is 1.93 bits per heavy atom. The van der Waals surface area contributed by atoms with Crippen LogP contribution in [0.1, 0.15) is 60.5 Å². The zero-order valence-corrected chi connectivity index (χ0v) is 17.5. The van der Waals surface area contributed by atoms with Crippen molar-refractivity contribution in [2.45, 2.75) is 53.9 Å². The largest absolute Gasteiger partial charge is 0.322 e. The molecule has 0 bridgehead atoms. The summed E-state index contributed by atoms with van der Waals surface area (Å²) in [6.45, 7) is 10.3. The van der Waals surface area contributed by atoms with Crippen LogP contribution >= 0.6 is 11.3 Å². The Kier molecular flexibility index (Phi) is 5.43. The average molecular weight is 385 g/mol. The number of aryl methyl sites for hydroxylation is 1. The minimum atomic E-state index is -0.148. The number of benzene rings is 1. The van der Waals surface area contributed by atoms with Gasteiger partial charge in [-0.3, -0.25) is 9.59 Å². The fraction of sp³-hybridized carbons (Fsp3) is 0.455. The summed E-state index contributed by atoms with van der Waals surface area (Å²) >= 11 is 1.56. The Morgan fingerprint density at radius 3 is 2.56 bits per heavy atom. The molecule has 1 aliphatic rings. The molecule has 1 aromatic carbocycles. The highest BCUT2D eigenvalue weighted by Crippen LogP contribution is 2.44. The maximum atomic E-state index is 13.1. The molecule has 2 aromatic rings. The van der Waals surface area contributed by atoms with Crippen LogP contribution < -0.4 is 10.6 Å². The Balaban J connectivity index is 1.95. The lowest BCUT2D eigenvalue weighted by Gasteiger charge is -2.33. The first-order valence-electron chi connectivity index (χ1n) is 9.45. The Bertz CT molecular complexity index is 877. The summed E-state index contributed by atoms with van der Waals surface area (Å²) in [6, 6.07) is 7.76. The molecule has 0 radical (unpaired) electrons. The smallest absolute Gasteiger partial charge is 0.258 e. The number of rotatable bonds is 3. The number of thiophene rings is 1. The quantitative estimate of drug-likeness (QED) is 0.742. The minimum absolute atomic E-state index is 0.143. The summed E-state index contributed by atoms with van der Waals surface area (Å²) in [5.74, 6) is 0.295. The predicted molar refractivity (Wildman–Crippen MR) is 113 cm³/mol. The second-order valence-corrected chi connectivity index (χ2v) is 9.62. The molecule has 1 atom stereocenters. The summed E-state index contributed by atoms with van der Waals surface area (Å²) < 4.78 is 0. The van der Waals surface area contributed by atoms with Crippen LogP contribution in [-0.2, 0) is 17.6 Å². The zero-order valence-electron chi connectivity index (χ0n) is 16.7. The third-order valence-electron chi connectivity index (χ3n) is 5.28. The molecule has 1 aromatic heterocycles. The van der Waals surface area contributed by atoms with Crippen molar-refractivity contribution in [1.29, 1.82) is 0 Å². The first-order valence-corrected chi connectivity index (χ1v) is 10.3. The normalized spacial score (nSPS) is 16.6. The van der Waals surface area contributed by atoms with Gasteiger partial charge in [-0.2, -0.15) is 0 Å². The van der Waals surface area contributed by atoms with Crippen molar-refractivity contribution in [2.75, 3.05) is 10.6 Å².